The second-order valence-corrected chi connectivity index (χ2v) is 6.49. The highest BCUT2D eigenvalue weighted by atomic mass is 35.5. The Labute approximate surface area is 143 Å². The molecule has 0 saturated carbocycles. The van der Waals surface area contributed by atoms with Gasteiger partial charge in [0.1, 0.15) is 11.6 Å². The van der Waals surface area contributed by atoms with Crippen molar-refractivity contribution in [3.8, 4) is 0 Å². The molecular weight excluding hydrogens is 340 g/mol. The van der Waals surface area contributed by atoms with Crippen molar-refractivity contribution in [1.29, 1.82) is 0 Å². The molecule has 0 aliphatic heterocycles. The molecule has 23 heavy (non-hydrogen) atoms. The highest BCUT2D eigenvalue weighted by molar-refractivity contribution is 7.99. The molecule has 0 radical (unpaired) electrons. The summed E-state index contributed by atoms with van der Waals surface area (Å²) in [4.78, 5) is 11.9. The summed E-state index contributed by atoms with van der Waals surface area (Å²) in [6, 6.07) is 10.3. The predicted molar refractivity (Wildman–Crippen MR) is 90.5 cm³/mol. The van der Waals surface area contributed by atoms with Crippen molar-refractivity contribution in [2.45, 2.75) is 18.7 Å². The highest BCUT2D eigenvalue weighted by Crippen LogP contribution is 2.20. The van der Waals surface area contributed by atoms with Gasteiger partial charge in [-0.1, -0.05) is 29.8 Å². The van der Waals surface area contributed by atoms with Gasteiger partial charge in [-0.25, -0.2) is 8.78 Å². The lowest BCUT2D eigenvalue weighted by molar-refractivity contribution is -0.119. The number of carbonyl (C=O) groups is 1. The minimum absolute atomic E-state index is 0.152. The van der Waals surface area contributed by atoms with E-state index in [9.17, 15) is 13.6 Å². The van der Waals surface area contributed by atoms with Crippen LogP contribution in [0.3, 0.4) is 0 Å². The quantitative estimate of drug-likeness (QED) is 0.811. The van der Waals surface area contributed by atoms with E-state index in [1.165, 1.54) is 30.0 Å². The lowest BCUT2D eigenvalue weighted by atomic mass is 10.1. The third-order valence-corrected chi connectivity index (χ3v) is 4.47. The molecule has 0 aromatic heterocycles. The molecule has 0 saturated heterocycles. The molecule has 2 nitrogen and oxygen atoms in total. The van der Waals surface area contributed by atoms with Crippen LogP contribution in [0.1, 0.15) is 24.1 Å². The molecule has 0 aliphatic rings. The molecule has 0 fully saturated rings. The maximum absolute atomic E-state index is 13.6. The summed E-state index contributed by atoms with van der Waals surface area (Å²) >= 11 is 7.01. The van der Waals surface area contributed by atoms with E-state index in [0.29, 0.717) is 16.3 Å². The first-order valence-electron chi connectivity index (χ1n) is 7.02. The van der Waals surface area contributed by atoms with Gasteiger partial charge in [0.25, 0.3) is 0 Å². The summed E-state index contributed by atoms with van der Waals surface area (Å²) in [7, 11) is 0. The summed E-state index contributed by atoms with van der Waals surface area (Å²) in [5, 5.41) is 3.18. The minimum atomic E-state index is -0.370. The molecule has 2 aromatic carbocycles. The van der Waals surface area contributed by atoms with E-state index < -0.39 is 0 Å². The second-order valence-electron chi connectivity index (χ2n) is 5.07. The van der Waals surface area contributed by atoms with Gasteiger partial charge in [0.05, 0.1) is 11.8 Å². The lowest BCUT2D eigenvalue weighted by Crippen LogP contribution is -2.28. The molecule has 0 spiro atoms. The molecule has 1 N–H and O–H groups in total. The van der Waals surface area contributed by atoms with Crippen LogP contribution in [0.15, 0.2) is 42.5 Å². The number of nitrogens with one attached hydrogen (secondary N) is 1. The number of halogens is 3. The number of benzene rings is 2. The monoisotopic (exact) mass is 355 g/mol. The van der Waals surface area contributed by atoms with E-state index in [1.807, 2.05) is 6.92 Å². The van der Waals surface area contributed by atoms with Crippen LogP contribution in [0.2, 0.25) is 5.02 Å². The normalized spacial score (nSPS) is 12.0. The van der Waals surface area contributed by atoms with Crippen molar-refractivity contribution >= 4 is 29.3 Å². The predicted octanol–water partition coefficient (Wildman–Crippen LogP) is 4.73. The van der Waals surface area contributed by atoms with Gasteiger partial charge in [-0.05, 0) is 42.3 Å². The van der Waals surface area contributed by atoms with Crippen molar-refractivity contribution in [2.24, 2.45) is 0 Å². The average Bonchev–Trinajstić information content (AvgIpc) is 2.50. The van der Waals surface area contributed by atoms with Crippen molar-refractivity contribution in [1.82, 2.24) is 5.32 Å². The van der Waals surface area contributed by atoms with Gasteiger partial charge in [-0.3, -0.25) is 4.79 Å². The first-order chi connectivity index (χ1) is 11.0. The maximum atomic E-state index is 13.6. The zero-order valence-corrected chi connectivity index (χ0v) is 14.1. The third-order valence-electron chi connectivity index (χ3n) is 3.25. The van der Waals surface area contributed by atoms with Crippen LogP contribution in [0.4, 0.5) is 8.78 Å². The van der Waals surface area contributed by atoms with Crippen molar-refractivity contribution in [3.05, 3.63) is 70.2 Å². The Balaban J connectivity index is 1.79. The fraction of sp³-hybridized carbons (Fsp3) is 0.235. The Hall–Kier alpha value is -1.59. The van der Waals surface area contributed by atoms with Gasteiger partial charge in [-0.2, -0.15) is 0 Å². The number of thioether (sulfide) groups is 1. The Morgan fingerprint density at radius 3 is 2.57 bits per heavy atom. The Kier molecular flexibility index (Phi) is 6.42. The van der Waals surface area contributed by atoms with Crippen LogP contribution in [0.25, 0.3) is 0 Å². The van der Waals surface area contributed by atoms with Gasteiger partial charge >= 0.3 is 0 Å². The van der Waals surface area contributed by atoms with Crippen molar-refractivity contribution < 1.29 is 13.6 Å². The molecule has 1 atom stereocenters. The zero-order chi connectivity index (χ0) is 16.8. The van der Waals surface area contributed by atoms with Crippen LogP contribution in [0, 0.1) is 11.6 Å². The van der Waals surface area contributed by atoms with E-state index in [-0.39, 0.29) is 29.3 Å². The fourth-order valence-corrected chi connectivity index (χ4v) is 2.99. The molecule has 0 aliphatic carbocycles. The standard InChI is InChI=1S/C17H16ClF2NOS/c1-11(12-3-6-15(19)7-4-12)21-17(22)10-23-9-13-2-5-14(18)8-16(13)20/h2-8,11H,9-10H2,1H3,(H,21,22)/t11-/m0/s1. The molecule has 2 aromatic rings. The van der Waals surface area contributed by atoms with Crippen LogP contribution < -0.4 is 5.32 Å². The SMILES string of the molecule is C[C@H](NC(=O)CSCc1ccc(Cl)cc1F)c1ccc(F)cc1. The number of hydrogen-bond acceptors (Lipinski definition) is 2. The first kappa shape index (κ1) is 17.8. The van der Waals surface area contributed by atoms with Crippen LogP contribution >= 0.6 is 23.4 Å². The van der Waals surface area contributed by atoms with Gasteiger partial charge in [-0.15, -0.1) is 11.8 Å². The number of rotatable bonds is 6. The third kappa shape index (κ3) is 5.52. The summed E-state index contributed by atoms with van der Waals surface area (Å²) in [5.41, 5.74) is 1.34. The fourth-order valence-electron chi connectivity index (χ4n) is 2.01. The number of hydrogen-bond donors (Lipinski definition) is 1. The highest BCUT2D eigenvalue weighted by Gasteiger charge is 2.10. The maximum Gasteiger partial charge on any atom is 0.230 e. The summed E-state index contributed by atoms with van der Waals surface area (Å²) in [6.45, 7) is 1.83. The topological polar surface area (TPSA) is 29.1 Å². The van der Waals surface area contributed by atoms with E-state index in [1.54, 1.807) is 24.3 Å². The molecule has 0 unspecified atom stereocenters. The molecule has 6 heteroatoms. The van der Waals surface area contributed by atoms with Gasteiger partial charge in [0, 0.05) is 10.8 Å². The van der Waals surface area contributed by atoms with Gasteiger partial charge < -0.3 is 5.32 Å². The van der Waals surface area contributed by atoms with Crippen molar-refractivity contribution in [2.75, 3.05) is 5.75 Å². The summed E-state index contributed by atoms with van der Waals surface area (Å²) in [6.07, 6.45) is 0. The van der Waals surface area contributed by atoms with Crippen LogP contribution in [0.5, 0.6) is 0 Å². The summed E-state index contributed by atoms with van der Waals surface area (Å²) < 4.78 is 26.5. The Morgan fingerprint density at radius 2 is 1.91 bits per heavy atom. The molecule has 2 rings (SSSR count). The second kappa shape index (κ2) is 8.31. The van der Waals surface area contributed by atoms with E-state index >= 15 is 0 Å². The first-order valence-corrected chi connectivity index (χ1v) is 8.55. The zero-order valence-electron chi connectivity index (χ0n) is 12.5. The van der Waals surface area contributed by atoms with E-state index in [4.69, 9.17) is 11.6 Å². The molecular formula is C17H16ClF2NOS. The van der Waals surface area contributed by atoms with Gasteiger partial charge in [0.2, 0.25) is 5.91 Å². The van der Waals surface area contributed by atoms with E-state index in [2.05, 4.69) is 5.32 Å². The molecule has 0 heterocycles. The van der Waals surface area contributed by atoms with Crippen LogP contribution in [-0.4, -0.2) is 11.7 Å². The van der Waals surface area contributed by atoms with Gasteiger partial charge in [0.15, 0.2) is 0 Å². The Bertz CT molecular complexity index is 679. The molecule has 1 amide bonds. The number of amides is 1. The summed E-state index contributed by atoms with van der Waals surface area (Å²) in [5.74, 6) is -0.228. The number of carbonyl (C=O) groups excluding carboxylic acids is 1. The molecule has 0 bridgehead atoms. The smallest absolute Gasteiger partial charge is 0.230 e. The van der Waals surface area contributed by atoms with Crippen molar-refractivity contribution in [3.63, 3.8) is 0 Å². The average molecular weight is 356 g/mol. The molecule has 122 valence electrons. The van der Waals surface area contributed by atoms with Crippen LogP contribution in [-0.2, 0) is 10.5 Å². The largest absolute Gasteiger partial charge is 0.349 e. The van der Waals surface area contributed by atoms with E-state index in [0.717, 1.165) is 5.56 Å². The Morgan fingerprint density at radius 1 is 1.22 bits per heavy atom. The lowest BCUT2D eigenvalue weighted by Gasteiger charge is -2.14. The minimum Gasteiger partial charge on any atom is -0.349 e.